The first-order valence-corrected chi connectivity index (χ1v) is 7.53. The summed E-state index contributed by atoms with van der Waals surface area (Å²) in [6, 6.07) is 18.9. The van der Waals surface area contributed by atoms with Crippen LogP contribution < -0.4 is 5.32 Å². The number of aromatic amines is 1. The number of imidazole rings is 1. The van der Waals surface area contributed by atoms with Crippen LogP contribution >= 0.6 is 0 Å². The monoisotopic (exact) mass is 318 g/mol. The molecule has 0 bridgehead atoms. The Morgan fingerprint density at radius 3 is 2.71 bits per heavy atom. The van der Waals surface area contributed by atoms with Gasteiger partial charge in [0.05, 0.1) is 17.6 Å². The number of hydrogen-bond acceptors (Lipinski definition) is 4. The number of carbonyl (C=O) groups is 1. The summed E-state index contributed by atoms with van der Waals surface area (Å²) in [4.78, 5) is 19.8. The molecular weight excluding hydrogens is 304 g/mol. The summed E-state index contributed by atoms with van der Waals surface area (Å²) >= 11 is 0. The minimum Gasteiger partial charge on any atom is -0.355 e. The summed E-state index contributed by atoms with van der Waals surface area (Å²) in [6.07, 6.45) is 0. The average Bonchev–Trinajstić information content (AvgIpc) is 3.27. The largest absolute Gasteiger partial charge is 0.355 e. The van der Waals surface area contributed by atoms with Gasteiger partial charge >= 0.3 is 0 Å². The van der Waals surface area contributed by atoms with Gasteiger partial charge in [-0.15, -0.1) is 0 Å². The number of nitrogens with one attached hydrogen (secondary N) is 2. The van der Waals surface area contributed by atoms with Gasteiger partial charge < -0.3 is 14.8 Å². The van der Waals surface area contributed by atoms with Crippen molar-refractivity contribution in [3.8, 4) is 11.3 Å². The number of aromatic nitrogens is 3. The number of benzene rings is 2. The smallest absolute Gasteiger partial charge is 0.273 e. The van der Waals surface area contributed by atoms with E-state index in [9.17, 15) is 4.79 Å². The maximum atomic E-state index is 12.2. The van der Waals surface area contributed by atoms with Gasteiger partial charge in [0.2, 0.25) is 0 Å². The summed E-state index contributed by atoms with van der Waals surface area (Å²) in [5.74, 6) is 0.946. The molecule has 4 rings (SSSR count). The molecule has 0 spiro atoms. The van der Waals surface area contributed by atoms with E-state index in [0.29, 0.717) is 18.1 Å². The molecular formula is C18H14N4O2. The molecule has 2 aromatic carbocycles. The zero-order valence-corrected chi connectivity index (χ0v) is 12.7. The van der Waals surface area contributed by atoms with E-state index in [1.54, 1.807) is 6.07 Å². The highest BCUT2D eigenvalue weighted by molar-refractivity contribution is 5.93. The van der Waals surface area contributed by atoms with E-state index in [2.05, 4.69) is 20.4 Å². The minimum absolute atomic E-state index is 0.241. The van der Waals surface area contributed by atoms with Crippen molar-refractivity contribution in [3.63, 3.8) is 0 Å². The molecule has 0 saturated carbocycles. The Hall–Kier alpha value is -3.41. The van der Waals surface area contributed by atoms with Crippen LogP contribution in [0.25, 0.3) is 22.4 Å². The second kappa shape index (κ2) is 6.00. The second-order valence-corrected chi connectivity index (χ2v) is 5.33. The normalized spacial score (nSPS) is 10.8. The zero-order valence-electron chi connectivity index (χ0n) is 12.7. The molecule has 1 amide bonds. The van der Waals surface area contributed by atoms with E-state index in [1.165, 1.54) is 0 Å². The van der Waals surface area contributed by atoms with Crippen LogP contribution in [0, 0.1) is 0 Å². The second-order valence-electron chi connectivity index (χ2n) is 5.33. The topological polar surface area (TPSA) is 83.8 Å². The van der Waals surface area contributed by atoms with Crippen LogP contribution in [-0.4, -0.2) is 21.0 Å². The third-order valence-corrected chi connectivity index (χ3v) is 3.66. The van der Waals surface area contributed by atoms with Gasteiger partial charge in [0.15, 0.2) is 11.5 Å². The van der Waals surface area contributed by atoms with E-state index in [4.69, 9.17) is 4.52 Å². The Kier molecular flexibility index (Phi) is 3.55. The molecule has 0 aliphatic heterocycles. The van der Waals surface area contributed by atoms with Crippen molar-refractivity contribution in [2.75, 3.05) is 0 Å². The Bertz CT molecular complexity index is 955. The standard InChI is InChI=1S/C18H14N4O2/c23-18(15-10-16(24-22-15)12-6-2-1-3-7-12)19-11-17-20-13-8-4-5-9-14(13)21-17/h1-10H,11H2,(H,19,23)(H,20,21). The molecule has 2 aromatic heterocycles. The highest BCUT2D eigenvalue weighted by atomic mass is 16.5. The summed E-state index contributed by atoms with van der Waals surface area (Å²) in [5.41, 5.74) is 2.93. The zero-order chi connectivity index (χ0) is 16.4. The van der Waals surface area contributed by atoms with E-state index in [-0.39, 0.29) is 11.6 Å². The Labute approximate surface area is 137 Å². The molecule has 2 heterocycles. The molecule has 0 aliphatic carbocycles. The van der Waals surface area contributed by atoms with Crippen molar-refractivity contribution in [2.24, 2.45) is 0 Å². The third-order valence-electron chi connectivity index (χ3n) is 3.66. The van der Waals surface area contributed by atoms with Crippen LogP contribution in [0.1, 0.15) is 16.3 Å². The molecule has 4 aromatic rings. The number of nitrogens with zero attached hydrogens (tertiary/aromatic N) is 2. The first-order valence-electron chi connectivity index (χ1n) is 7.53. The van der Waals surface area contributed by atoms with Crippen LogP contribution in [-0.2, 0) is 6.54 Å². The van der Waals surface area contributed by atoms with Crippen molar-refractivity contribution in [1.29, 1.82) is 0 Å². The molecule has 0 aliphatic rings. The number of amides is 1. The molecule has 2 N–H and O–H groups in total. The molecule has 6 heteroatoms. The quantitative estimate of drug-likeness (QED) is 0.605. The number of hydrogen-bond donors (Lipinski definition) is 2. The number of carbonyl (C=O) groups excluding carboxylic acids is 1. The molecule has 0 fully saturated rings. The molecule has 0 atom stereocenters. The van der Waals surface area contributed by atoms with Crippen LogP contribution in [0.15, 0.2) is 65.2 Å². The highest BCUT2D eigenvalue weighted by Crippen LogP contribution is 2.19. The van der Waals surface area contributed by atoms with E-state index < -0.39 is 0 Å². The lowest BCUT2D eigenvalue weighted by Crippen LogP contribution is -2.23. The van der Waals surface area contributed by atoms with Gasteiger partial charge in [-0.2, -0.15) is 0 Å². The van der Waals surface area contributed by atoms with Gasteiger partial charge in [0, 0.05) is 11.6 Å². The van der Waals surface area contributed by atoms with Crippen molar-refractivity contribution in [1.82, 2.24) is 20.4 Å². The van der Waals surface area contributed by atoms with Gasteiger partial charge in [-0.25, -0.2) is 4.98 Å². The number of fused-ring (bicyclic) bond motifs is 1. The first-order chi connectivity index (χ1) is 11.8. The predicted molar refractivity (Wildman–Crippen MR) is 89.2 cm³/mol. The van der Waals surface area contributed by atoms with Crippen molar-refractivity contribution >= 4 is 16.9 Å². The fourth-order valence-electron chi connectivity index (χ4n) is 2.46. The predicted octanol–water partition coefficient (Wildman–Crippen LogP) is 3.15. The lowest BCUT2D eigenvalue weighted by atomic mass is 10.1. The SMILES string of the molecule is O=C(NCc1nc2ccccc2[nH]1)c1cc(-c2ccccc2)on1. The summed E-state index contributed by atoms with van der Waals surface area (Å²) < 4.78 is 5.24. The van der Waals surface area contributed by atoms with Gasteiger partial charge in [-0.1, -0.05) is 47.6 Å². The van der Waals surface area contributed by atoms with Crippen molar-refractivity contribution in [3.05, 3.63) is 72.2 Å². The van der Waals surface area contributed by atoms with Crippen molar-refractivity contribution < 1.29 is 9.32 Å². The molecule has 24 heavy (non-hydrogen) atoms. The van der Waals surface area contributed by atoms with Crippen LogP contribution in [0.4, 0.5) is 0 Å². The number of H-pyrrole nitrogens is 1. The van der Waals surface area contributed by atoms with E-state index in [1.807, 2.05) is 54.6 Å². The van der Waals surface area contributed by atoms with Crippen molar-refractivity contribution in [2.45, 2.75) is 6.54 Å². The fourth-order valence-corrected chi connectivity index (χ4v) is 2.46. The van der Waals surface area contributed by atoms with Gasteiger partial charge in [-0.05, 0) is 12.1 Å². The third kappa shape index (κ3) is 2.77. The lowest BCUT2D eigenvalue weighted by molar-refractivity contribution is 0.0941. The number of rotatable bonds is 4. The maximum Gasteiger partial charge on any atom is 0.273 e. The highest BCUT2D eigenvalue weighted by Gasteiger charge is 2.14. The van der Waals surface area contributed by atoms with Crippen LogP contribution in [0.5, 0.6) is 0 Å². The van der Waals surface area contributed by atoms with Gasteiger partial charge in [0.25, 0.3) is 5.91 Å². The summed E-state index contributed by atoms with van der Waals surface area (Å²) in [5, 5.41) is 6.62. The maximum absolute atomic E-state index is 12.2. The fraction of sp³-hybridized carbons (Fsp3) is 0.0556. The Balaban J connectivity index is 1.45. The summed E-state index contributed by atoms with van der Waals surface area (Å²) in [7, 11) is 0. The molecule has 0 unspecified atom stereocenters. The lowest BCUT2D eigenvalue weighted by Gasteiger charge is -1.98. The van der Waals surface area contributed by atoms with Crippen LogP contribution in [0.2, 0.25) is 0 Å². The molecule has 0 radical (unpaired) electrons. The van der Waals surface area contributed by atoms with Crippen LogP contribution in [0.3, 0.4) is 0 Å². The van der Waals surface area contributed by atoms with E-state index >= 15 is 0 Å². The average molecular weight is 318 g/mol. The van der Waals surface area contributed by atoms with Gasteiger partial charge in [-0.3, -0.25) is 4.79 Å². The first kappa shape index (κ1) is 14.2. The number of para-hydroxylation sites is 2. The minimum atomic E-state index is -0.304. The van der Waals surface area contributed by atoms with Gasteiger partial charge in [0.1, 0.15) is 5.82 Å². The Morgan fingerprint density at radius 1 is 1.08 bits per heavy atom. The molecule has 0 saturated heterocycles. The van der Waals surface area contributed by atoms with E-state index in [0.717, 1.165) is 16.6 Å². The molecule has 6 nitrogen and oxygen atoms in total. The molecule has 118 valence electrons. The summed E-state index contributed by atoms with van der Waals surface area (Å²) in [6.45, 7) is 0.293. The Morgan fingerprint density at radius 2 is 1.88 bits per heavy atom.